The Labute approximate surface area is 98.5 Å². The van der Waals surface area contributed by atoms with Crippen LogP contribution in [0.5, 0.6) is 0 Å². The Kier molecular flexibility index (Phi) is 3.66. The minimum atomic E-state index is -3.85. The van der Waals surface area contributed by atoms with Gasteiger partial charge in [-0.15, -0.1) is 12.6 Å². The topological polar surface area (TPSA) is 57.9 Å². The van der Waals surface area contributed by atoms with Crippen LogP contribution < -0.4 is 0 Å². The Hall–Kier alpha value is -0.700. The van der Waals surface area contributed by atoms with E-state index in [2.05, 4.69) is 12.6 Å². The lowest BCUT2D eigenvalue weighted by Crippen LogP contribution is -1.97. The van der Waals surface area contributed by atoms with Gasteiger partial charge in [-0.2, -0.15) is 5.26 Å². The maximum absolute atomic E-state index is 11.2. The standard InChI is InChI=1S/C9H8ClNO2S2/c1-2-6-3-7(5-11)9(14)8(4-6)15(10,12)13/h3-4,14H,2H2,1H3. The van der Waals surface area contributed by atoms with Crippen LogP contribution in [0, 0.1) is 11.3 Å². The van der Waals surface area contributed by atoms with Crippen molar-refractivity contribution in [3.63, 3.8) is 0 Å². The van der Waals surface area contributed by atoms with Gasteiger partial charge in [0.1, 0.15) is 6.07 Å². The number of thiol groups is 1. The molecule has 0 bridgehead atoms. The molecule has 0 saturated heterocycles. The summed E-state index contributed by atoms with van der Waals surface area (Å²) in [5.41, 5.74) is 0.959. The number of halogens is 1. The fourth-order valence-corrected chi connectivity index (χ4v) is 2.84. The first-order chi connectivity index (χ1) is 6.90. The molecule has 1 aromatic carbocycles. The summed E-state index contributed by atoms with van der Waals surface area (Å²) in [7, 11) is 1.38. The Morgan fingerprint density at radius 2 is 2.13 bits per heavy atom. The number of hydrogen-bond acceptors (Lipinski definition) is 4. The van der Waals surface area contributed by atoms with E-state index in [9.17, 15) is 8.42 Å². The van der Waals surface area contributed by atoms with Crippen molar-refractivity contribution >= 4 is 32.4 Å². The molecular weight excluding hydrogens is 254 g/mol. The quantitative estimate of drug-likeness (QED) is 0.657. The fraction of sp³-hybridized carbons (Fsp3) is 0.222. The zero-order valence-corrected chi connectivity index (χ0v) is 10.3. The van der Waals surface area contributed by atoms with Crippen LogP contribution in [0.25, 0.3) is 0 Å². The molecule has 1 aromatic rings. The summed E-state index contributed by atoms with van der Waals surface area (Å²) in [6.45, 7) is 1.86. The van der Waals surface area contributed by atoms with E-state index in [-0.39, 0.29) is 15.4 Å². The van der Waals surface area contributed by atoms with Gasteiger partial charge in [-0.3, -0.25) is 0 Å². The number of benzene rings is 1. The lowest BCUT2D eigenvalue weighted by molar-refractivity contribution is 0.607. The maximum Gasteiger partial charge on any atom is 0.262 e. The molecule has 0 unspecified atom stereocenters. The molecule has 0 atom stereocenters. The summed E-state index contributed by atoms with van der Waals surface area (Å²) in [4.78, 5) is -0.00639. The highest BCUT2D eigenvalue weighted by atomic mass is 35.7. The van der Waals surface area contributed by atoms with Crippen LogP contribution in [-0.2, 0) is 15.5 Å². The largest absolute Gasteiger partial charge is 0.262 e. The van der Waals surface area contributed by atoms with E-state index in [4.69, 9.17) is 15.9 Å². The summed E-state index contributed by atoms with van der Waals surface area (Å²) >= 11 is 3.98. The third kappa shape index (κ3) is 2.65. The van der Waals surface area contributed by atoms with Crippen molar-refractivity contribution in [1.29, 1.82) is 5.26 Å². The first kappa shape index (κ1) is 12.4. The number of hydrogen-bond donors (Lipinski definition) is 1. The number of rotatable bonds is 2. The van der Waals surface area contributed by atoms with Crippen LogP contribution in [0.15, 0.2) is 21.9 Å². The molecule has 0 radical (unpaired) electrons. The number of aryl methyl sites for hydroxylation is 1. The summed E-state index contributed by atoms with van der Waals surface area (Å²) in [5.74, 6) is 0. The molecule has 0 N–H and O–H groups in total. The molecule has 0 aromatic heterocycles. The number of nitriles is 1. The minimum Gasteiger partial charge on any atom is -0.207 e. The molecule has 6 heteroatoms. The molecular formula is C9H8ClNO2S2. The second kappa shape index (κ2) is 4.44. The van der Waals surface area contributed by atoms with Gasteiger partial charge in [0.25, 0.3) is 9.05 Å². The van der Waals surface area contributed by atoms with E-state index in [1.54, 1.807) is 6.07 Å². The molecule has 0 aliphatic rings. The molecule has 0 saturated carbocycles. The van der Waals surface area contributed by atoms with Gasteiger partial charge in [0.15, 0.2) is 0 Å². The highest BCUT2D eigenvalue weighted by Crippen LogP contribution is 2.28. The lowest BCUT2D eigenvalue weighted by atomic mass is 10.1. The summed E-state index contributed by atoms with van der Waals surface area (Å²) in [6.07, 6.45) is 0.627. The molecule has 0 heterocycles. The molecule has 80 valence electrons. The number of nitrogens with zero attached hydrogens (tertiary/aromatic N) is 1. The second-order valence-electron chi connectivity index (χ2n) is 2.89. The molecule has 3 nitrogen and oxygen atoms in total. The molecule has 15 heavy (non-hydrogen) atoms. The highest BCUT2D eigenvalue weighted by Gasteiger charge is 2.17. The van der Waals surface area contributed by atoms with Crippen LogP contribution in [0.4, 0.5) is 0 Å². The van der Waals surface area contributed by atoms with Crippen molar-refractivity contribution in [2.24, 2.45) is 0 Å². The third-order valence-electron chi connectivity index (χ3n) is 1.93. The van der Waals surface area contributed by atoms with Gasteiger partial charge in [-0.05, 0) is 24.1 Å². The Bertz CT molecular complexity index is 532. The predicted molar refractivity (Wildman–Crippen MR) is 60.8 cm³/mol. The van der Waals surface area contributed by atoms with Crippen molar-refractivity contribution in [2.75, 3.05) is 0 Å². The Morgan fingerprint density at radius 1 is 1.53 bits per heavy atom. The minimum absolute atomic E-state index is 0.102. The highest BCUT2D eigenvalue weighted by molar-refractivity contribution is 8.14. The van der Waals surface area contributed by atoms with Gasteiger partial charge in [-0.1, -0.05) is 6.92 Å². The monoisotopic (exact) mass is 261 g/mol. The molecule has 0 spiro atoms. The Balaban J connectivity index is 3.61. The SMILES string of the molecule is CCc1cc(C#N)c(S)c(S(=O)(=O)Cl)c1. The maximum atomic E-state index is 11.2. The fourth-order valence-electron chi connectivity index (χ4n) is 1.14. The van der Waals surface area contributed by atoms with Crippen molar-refractivity contribution in [3.8, 4) is 6.07 Å². The molecule has 0 aliphatic carbocycles. The van der Waals surface area contributed by atoms with E-state index in [0.717, 1.165) is 5.56 Å². The van der Waals surface area contributed by atoms with Gasteiger partial charge in [0.05, 0.1) is 10.5 Å². The van der Waals surface area contributed by atoms with E-state index < -0.39 is 9.05 Å². The average molecular weight is 262 g/mol. The van der Waals surface area contributed by atoms with Crippen LogP contribution in [-0.4, -0.2) is 8.42 Å². The van der Waals surface area contributed by atoms with Gasteiger partial charge < -0.3 is 0 Å². The molecule has 0 fully saturated rings. The summed E-state index contributed by atoms with van der Waals surface area (Å²) in [5, 5.41) is 8.79. The van der Waals surface area contributed by atoms with E-state index >= 15 is 0 Å². The predicted octanol–water partition coefficient (Wildman–Crippen LogP) is 2.34. The van der Waals surface area contributed by atoms with Crippen LogP contribution in [0.1, 0.15) is 18.1 Å². The summed E-state index contributed by atoms with van der Waals surface area (Å²) in [6, 6.07) is 4.92. The lowest BCUT2D eigenvalue weighted by Gasteiger charge is -2.06. The van der Waals surface area contributed by atoms with Gasteiger partial charge >= 0.3 is 0 Å². The van der Waals surface area contributed by atoms with Gasteiger partial charge in [-0.25, -0.2) is 8.42 Å². The zero-order valence-electron chi connectivity index (χ0n) is 7.86. The van der Waals surface area contributed by atoms with Crippen LogP contribution in [0.2, 0.25) is 0 Å². The molecule has 0 amide bonds. The normalized spacial score (nSPS) is 11.1. The Morgan fingerprint density at radius 3 is 2.53 bits per heavy atom. The molecule has 0 aliphatic heterocycles. The van der Waals surface area contributed by atoms with Crippen LogP contribution in [0.3, 0.4) is 0 Å². The van der Waals surface area contributed by atoms with E-state index in [1.807, 2.05) is 13.0 Å². The van der Waals surface area contributed by atoms with Crippen molar-refractivity contribution in [2.45, 2.75) is 23.1 Å². The third-order valence-corrected chi connectivity index (χ3v) is 3.91. The first-order valence-corrected chi connectivity index (χ1v) is 6.86. The van der Waals surface area contributed by atoms with Gasteiger partial charge in [0.2, 0.25) is 0 Å². The van der Waals surface area contributed by atoms with Gasteiger partial charge in [0, 0.05) is 15.6 Å². The average Bonchev–Trinajstić information content (AvgIpc) is 2.16. The summed E-state index contributed by atoms with van der Waals surface area (Å²) < 4.78 is 22.4. The zero-order chi connectivity index (χ0) is 11.6. The molecule has 1 rings (SSSR count). The van der Waals surface area contributed by atoms with Crippen molar-refractivity contribution in [3.05, 3.63) is 23.3 Å². The second-order valence-corrected chi connectivity index (χ2v) is 5.87. The van der Waals surface area contributed by atoms with Crippen molar-refractivity contribution < 1.29 is 8.42 Å². The van der Waals surface area contributed by atoms with E-state index in [0.29, 0.717) is 6.42 Å². The van der Waals surface area contributed by atoms with Crippen molar-refractivity contribution in [1.82, 2.24) is 0 Å². The van der Waals surface area contributed by atoms with Crippen LogP contribution >= 0.6 is 23.3 Å². The van der Waals surface area contributed by atoms with E-state index in [1.165, 1.54) is 6.07 Å². The smallest absolute Gasteiger partial charge is 0.207 e. The first-order valence-electron chi connectivity index (χ1n) is 4.10.